The Labute approximate surface area is 183 Å². The van der Waals surface area contributed by atoms with Gasteiger partial charge in [-0.3, -0.25) is 10.1 Å². The Hall–Kier alpha value is -3.35. The van der Waals surface area contributed by atoms with Crippen molar-refractivity contribution < 1.29 is 23.9 Å². The zero-order valence-electron chi connectivity index (χ0n) is 18.9. The van der Waals surface area contributed by atoms with Crippen molar-refractivity contribution in [1.82, 2.24) is 0 Å². The van der Waals surface area contributed by atoms with Gasteiger partial charge in [0.2, 0.25) is 0 Å². The van der Waals surface area contributed by atoms with Crippen molar-refractivity contribution in [1.29, 1.82) is 0 Å². The van der Waals surface area contributed by atoms with Crippen LogP contribution in [0.3, 0.4) is 0 Å². The molecule has 2 N–H and O–H groups in total. The minimum Gasteiger partial charge on any atom is -0.452 e. The molecule has 0 heterocycles. The van der Waals surface area contributed by atoms with Crippen LogP contribution in [-0.2, 0) is 14.3 Å². The van der Waals surface area contributed by atoms with E-state index in [9.17, 15) is 14.4 Å². The maximum atomic E-state index is 12.4. The number of nitrogens with one attached hydrogen (secondary N) is 2. The first-order valence-electron chi connectivity index (χ1n) is 10.1. The number of carbonyl (C=O) groups excluding carboxylic acids is 3. The number of ether oxygens (including phenoxy) is 2. The lowest BCUT2D eigenvalue weighted by atomic mass is 9.98. The minimum atomic E-state index is -0.670. The highest BCUT2D eigenvalue weighted by molar-refractivity contribution is 5.97. The number of anilines is 2. The molecule has 166 valence electrons. The molecule has 0 aliphatic heterocycles. The monoisotopic (exact) mass is 426 g/mol. The largest absolute Gasteiger partial charge is 0.452 e. The third kappa shape index (κ3) is 7.44. The maximum Gasteiger partial charge on any atom is 0.412 e. The Morgan fingerprint density at radius 3 is 2.32 bits per heavy atom. The molecule has 7 heteroatoms. The fraction of sp³-hybridized carbons (Fsp3) is 0.375. The van der Waals surface area contributed by atoms with E-state index in [0.29, 0.717) is 5.69 Å². The summed E-state index contributed by atoms with van der Waals surface area (Å²) in [5, 5.41) is 5.40. The third-order valence-corrected chi connectivity index (χ3v) is 4.27. The summed E-state index contributed by atoms with van der Waals surface area (Å²) in [7, 11) is 0. The van der Waals surface area contributed by atoms with Crippen LogP contribution in [0.2, 0.25) is 0 Å². The molecule has 0 saturated heterocycles. The van der Waals surface area contributed by atoms with Crippen LogP contribution in [0.1, 0.15) is 62.0 Å². The van der Waals surface area contributed by atoms with Crippen molar-refractivity contribution in [2.75, 3.05) is 17.2 Å². The number of aryl methyl sites for hydroxylation is 1. The van der Waals surface area contributed by atoms with Gasteiger partial charge in [0.05, 0.1) is 5.56 Å². The van der Waals surface area contributed by atoms with Crippen molar-refractivity contribution in [3.8, 4) is 0 Å². The number of amides is 2. The summed E-state index contributed by atoms with van der Waals surface area (Å²) in [6.45, 7) is 10.8. The molecule has 0 fully saturated rings. The van der Waals surface area contributed by atoms with Crippen LogP contribution < -0.4 is 10.6 Å². The number of para-hydroxylation sites is 1. The Bertz CT molecular complexity index is 961. The lowest BCUT2D eigenvalue weighted by molar-refractivity contribution is -0.119. The van der Waals surface area contributed by atoms with Gasteiger partial charge in [-0.05, 0) is 62.9 Å². The van der Waals surface area contributed by atoms with Gasteiger partial charge < -0.3 is 14.8 Å². The molecule has 2 rings (SSSR count). The van der Waals surface area contributed by atoms with Gasteiger partial charge in [-0.2, -0.15) is 0 Å². The van der Waals surface area contributed by atoms with Gasteiger partial charge in [0.15, 0.2) is 6.61 Å². The topological polar surface area (TPSA) is 93.7 Å². The van der Waals surface area contributed by atoms with Gasteiger partial charge in [0, 0.05) is 11.4 Å². The highest BCUT2D eigenvalue weighted by Gasteiger charge is 2.18. The number of benzene rings is 2. The van der Waals surface area contributed by atoms with Crippen molar-refractivity contribution in [2.45, 2.75) is 53.1 Å². The van der Waals surface area contributed by atoms with Gasteiger partial charge in [-0.1, -0.05) is 38.1 Å². The van der Waals surface area contributed by atoms with E-state index in [4.69, 9.17) is 9.47 Å². The minimum absolute atomic E-state index is 0.208. The molecule has 2 aromatic carbocycles. The molecular formula is C24H30N2O5. The van der Waals surface area contributed by atoms with E-state index in [-0.39, 0.29) is 11.5 Å². The number of carbonyl (C=O) groups is 3. The second-order valence-electron chi connectivity index (χ2n) is 8.53. The summed E-state index contributed by atoms with van der Waals surface area (Å²) in [6, 6.07) is 12.0. The summed E-state index contributed by atoms with van der Waals surface area (Å²) in [6.07, 6.45) is -0.628. The molecule has 0 saturated carbocycles. The molecule has 0 unspecified atom stereocenters. The maximum absolute atomic E-state index is 12.4. The van der Waals surface area contributed by atoms with E-state index in [0.717, 1.165) is 16.8 Å². The summed E-state index contributed by atoms with van der Waals surface area (Å²) < 4.78 is 10.3. The summed E-state index contributed by atoms with van der Waals surface area (Å²) in [5.41, 5.74) is 2.64. The van der Waals surface area contributed by atoms with Crippen LogP contribution in [0.15, 0.2) is 42.5 Å². The highest BCUT2D eigenvalue weighted by atomic mass is 16.6. The van der Waals surface area contributed by atoms with Gasteiger partial charge in [-0.15, -0.1) is 0 Å². The van der Waals surface area contributed by atoms with Crippen molar-refractivity contribution in [3.05, 3.63) is 59.2 Å². The lowest BCUT2D eigenvalue weighted by Gasteiger charge is -2.19. The zero-order valence-corrected chi connectivity index (χ0v) is 18.9. The van der Waals surface area contributed by atoms with Crippen LogP contribution >= 0.6 is 0 Å². The predicted octanol–water partition coefficient (Wildman–Crippen LogP) is 5.26. The Morgan fingerprint density at radius 2 is 1.68 bits per heavy atom. The van der Waals surface area contributed by atoms with E-state index in [1.807, 2.05) is 39.0 Å². The summed E-state index contributed by atoms with van der Waals surface area (Å²) in [5.74, 6) is -0.859. The molecule has 0 atom stereocenters. The average molecular weight is 427 g/mol. The van der Waals surface area contributed by atoms with Crippen molar-refractivity contribution in [2.24, 2.45) is 0 Å². The smallest absolute Gasteiger partial charge is 0.412 e. The van der Waals surface area contributed by atoms with Gasteiger partial charge in [0.25, 0.3) is 5.91 Å². The van der Waals surface area contributed by atoms with Gasteiger partial charge in [0.1, 0.15) is 5.60 Å². The molecule has 0 bridgehead atoms. The lowest BCUT2D eigenvalue weighted by Crippen LogP contribution is -2.27. The first-order valence-corrected chi connectivity index (χ1v) is 10.1. The second-order valence-corrected chi connectivity index (χ2v) is 8.53. The third-order valence-electron chi connectivity index (χ3n) is 4.27. The van der Waals surface area contributed by atoms with Crippen LogP contribution in [-0.4, -0.2) is 30.2 Å². The first kappa shape index (κ1) is 23.9. The standard InChI is InChI=1S/C24H30N2O5/c1-15(2)19-12-7-9-16(3)21(19)26-20(27)14-30-22(28)17-10-8-11-18(13-17)25-23(29)31-24(4,5)6/h7-13,15H,14H2,1-6H3,(H,25,29)(H,26,27). The van der Waals surface area contributed by atoms with E-state index in [1.54, 1.807) is 39.0 Å². The summed E-state index contributed by atoms with van der Waals surface area (Å²) in [4.78, 5) is 36.6. The highest BCUT2D eigenvalue weighted by Crippen LogP contribution is 2.27. The number of rotatable bonds is 6. The molecule has 0 aromatic heterocycles. The van der Waals surface area contributed by atoms with E-state index >= 15 is 0 Å². The van der Waals surface area contributed by atoms with Crippen LogP contribution in [0, 0.1) is 6.92 Å². The number of hydrogen-bond donors (Lipinski definition) is 2. The fourth-order valence-electron chi connectivity index (χ4n) is 2.88. The first-order chi connectivity index (χ1) is 14.5. The molecule has 31 heavy (non-hydrogen) atoms. The second kappa shape index (κ2) is 10.1. The van der Waals surface area contributed by atoms with Gasteiger partial charge >= 0.3 is 12.1 Å². The SMILES string of the molecule is Cc1cccc(C(C)C)c1NC(=O)COC(=O)c1cccc(NC(=O)OC(C)(C)C)c1. The molecule has 0 radical (unpaired) electrons. The Kier molecular flexibility index (Phi) is 7.80. The average Bonchev–Trinajstić information content (AvgIpc) is 2.66. The van der Waals surface area contributed by atoms with Gasteiger partial charge in [-0.25, -0.2) is 9.59 Å². The zero-order chi connectivity index (χ0) is 23.2. The van der Waals surface area contributed by atoms with Crippen LogP contribution in [0.25, 0.3) is 0 Å². The van der Waals surface area contributed by atoms with Crippen LogP contribution in [0.5, 0.6) is 0 Å². The van der Waals surface area contributed by atoms with Crippen molar-refractivity contribution >= 4 is 29.3 Å². The van der Waals surface area contributed by atoms with Crippen LogP contribution in [0.4, 0.5) is 16.2 Å². The summed E-state index contributed by atoms with van der Waals surface area (Å²) >= 11 is 0. The predicted molar refractivity (Wildman–Crippen MR) is 120 cm³/mol. The van der Waals surface area contributed by atoms with Crippen molar-refractivity contribution in [3.63, 3.8) is 0 Å². The quantitative estimate of drug-likeness (QED) is 0.615. The van der Waals surface area contributed by atoms with E-state index < -0.39 is 30.2 Å². The van der Waals surface area contributed by atoms with E-state index in [1.165, 1.54) is 6.07 Å². The molecule has 0 spiro atoms. The molecular weight excluding hydrogens is 396 g/mol. The number of hydrogen-bond acceptors (Lipinski definition) is 5. The fourth-order valence-corrected chi connectivity index (χ4v) is 2.88. The normalized spacial score (nSPS) is 11.1. The molecule has 0 aliphatic carbocycles. The van der Waals surface area contributed by atoms with E-state index in [2.05, 4.69) is 10.6 Å². The molecule has 0 aliphatic rings. The number of esters is 1. The molecule has 2 aromatic rings. The Morgan fingerprint density at radius 1 is 1.00 bits per heavy atom. The Balaban J connectivity index is 1.97. The molecule has 7 nitrogen and oxygen atoms in total. The molecule has 2 amide bonds.